The number of hydrogen-bond donors (Lipinski definition) is 2. The number of aromatic nitrogens is 2. The molecular weight excluding hydrogens is 428 g/mol. The predicted molar refractivity (Wildman–Crippen MR) is 131 cm³/mol. The Kier molecular flexibility index (Phi) is 5.45. The molecule has 0 saturated carbocycles. The van der Waals surface area contributed by atoms with Crippen LogP contribution in [0.4, 0.5) is 5.69 Å². The minimum absolute atomic E-state index is 0.00940. The van der Waals surface area contributed by atoms with Gasteiger partial charge < -0.3 is 10.6 Å². The zero-order valence-corrected chi connectivity index (χ0v) is 19.0. The van der Waals surface area contributed by atoms with Gasteiger partial charge in [-0.1, -0.05) is 24.3 Å². The molecule has 0 spiro atoms. The topological polar surface area (TPSA) is 93.1 Å². The number of imidazole rings is 1. The van der Waals surface area contributed by atoms with E-state index >= 15 is 0 Å². The minimum atomic E-state index is -0.0734. The Morgan fingerprint density at radius 3 is 2.53 bits per heavy atom. The fraction of sp³-hybridized carbons (Fsp3) is 0.185. The molecule has 1 aliphatic rings. The summed E-state index contributed by atoms with van der Waals surface area (Å²) in [5.41, 5.74) is 7.00. The van der Waals surface area contributed by atoms with E-state index < -0.39 is 0 Å². The molecule has 2 N–H and O–H groups in total. The summed E-state index contributed by atoms with van der Waals surface area (Å²) in [4.78, 5) is 39.9. The Morgan fingerprint density at radius 1 is 1.00 bits per heavy atom. The lowest BCUT2D eigenvalue weighted by molar-refractivity contribution is -0.119. The van der Waals surface area contributed by atoms with Crippen molar-refractivity contribution in [1.29, 1.82) is 0 Å². The molecule has 2 amide bonds. The molecule has 0 fully saturated rings. The molecule has 0 radical (unpaired) electrons. The van der Waals surface area contributed by atoms with E-state index in [9.17, 15) is 14.4 Å². The minimum Gasteiger partial charge on any atom is -0.352 e. The van der Waals surface area contributed by atoms with Crippen LogP contribution in [0.2, 0.25) is 0 Å². The third kappa shape index (κ3) is 4.08. The van der Waals surface area contributed by atoms with Crippen LogP contribution in [0.3, 0.4) is 0 Å². The van der Waals surface area contributed by atoms with Crippen molar-refractivity contribution in [3.8, 4) is 17.1 Å². The van der Waals surface area contributed by atoms with Crippen molar-refractivity contribution in [3.63, 3.8) is 0 Å². The van der Waals surface area contributed by atoms with Gasteiger partial charge in [0.15, 0.2) is 5.78 Å². The highest BCUT2D eigenvalue weighted by Crippen LogP contribution is 2.32. The van der Waals surface area contributed by atoms with Gasteiger partial charge >= 0.3 is 0 Å². The van der Waals surface area contributed by atoms with Gasteiger partial charge in [-0.15, -0.1) is 0 Å². The Balaban J connectivity index is 1.64. The molecule has 2 heterocycles. The lowest BCUT2D eigenvalue weighted by atomic mass is 10.0. The molecular formula is C27H24N4O3. The molecule has 0 aliphatic carbocycles. The van der Waals surface area contributed by atoms with Crippen LogP contribution in [0.1, 0.15) is 41.8 Å². The van der Waals surface area contributed by atoms with Crippen molar-refractivity contribution in [3.05, 3.63) is 77.4 Å². The van der Waals surface area contributed by atoms with Crippen LogP contribution in [-0.4, -0.2) is 27.1 Å². The fourth-order valence-corrected chi connectivity index (χ4v) is 4.26. The van der Waals surface area contributed by atoms with Gasteiger partial charge in [-0.25, -0.2) is 4.98 Å². The van der Waals surface area contributed by atoms with Crippen molar-refractivity contribution in [2.75, 3.05) is 5.32 Å². The summed E-state index contributed by atoms with van der Waals surface area (Å²) in [6.07, 6.45) is 1.15. The number of hydrogen-bond acceptors (Lipinski definition) is 4. The van der Waals surface area contributed by atoms with Gasteiger partial charge in [-0.2, -0.15) is 0 Å². The molecule has 1 aliphatic heterocycles. The number of ketones is 1. The largest absolute Gasteiger partial charge is 0.352 e. The summed E-state index contributed by atoms with van der Waals surface area (Å²) >= 11 is 0. The van der Waals surface area contributed by atoms with Crippen LogP contribution < -0.4 is 10.6 Å². The average Bonchev–Trinajstić information content (AvgIpc) is 3.21. The van der Waals surface area contributed by atoms with Crippen molar-refractivity contribution >= 4 is 34.3 Å². The van der Waals surface area contributed by atoms with E-state index in [1.165, 1.54) is 6.92 Å². The van der Waals surface area contributed by atoms with E-state index in [0.29, 0.717) is 24.9 Å². The van der Waals surface area contributed by atoms with Crippen LogP contribution in [0.5, 0.6) is 0 Å². The first-order valence-electron chi connectivity index (χ1n) is 11.2. The van der Waals surface area contributed by atoms with E-state index in [-0.39, 0.29) is 17.6 Å². The second kappa shape index (κ2) is 8.59. The second-order valence-electron chi connectivity index (χ2n) is 8.53. The number of carbonyl (C=O) groups is 3. The maximum atomic E-state index is 12.0. The first-order chi connectivity index (χ1) is 16.4. The zero-order chi connectivity index (χ0) is 23.8. The number of anilines is 1. The third-order valence-electron chi connectivity index (χ3n) is 6.06. The summed E-state index contributed by atoms with van der Waals surface area (Å²) in [7, 11) is 0. The summed E-state index contributed by atoms with van der Waals surface area (Å²) in [6.45, 7) is 3.51. The van der Waals surface area contributed by atoms with Crippen LogP contribution in [0.15, 0.2) is 60.7 Å². The van der Waals surface area contributed by atoms with Gasteiger partial charge in [0.2, 0.25) is 11.8 Å². The average molecular weight is 453 g/mol. The normalized spacial score (nSPS) is 12.8. The number of nitrogens with zero attached hydrogens (tertiary/aromatic N) is 2. The van der Waals surface area contributed by atoms with Crippen LogP contribution in [0.25, 0.3) is 28.1 Å². The van der Waals surface area contributed by atoms with E-state index in [1.54, 1.807) is 6.92 Å². The van der Waals surface area contributed by atoms with E-state index in [4.69, 9.17) is 4.98 Å². The number of amides is 2. The van der Waals surface area contributed by atoms with Crippen LogP contribution in [-0.2, 0) is 22.6 Å². The Hall–Kier alpha value is -4.26. The van der Waals surface area contributed by atoms with Crippen molar-refractivity contribution in [2.45, 2.75) is 33.2 Å². The summed E-state index contributed by atoms with van der Waals surface area (Å²) < 4.78 is 2.08. The van der Waals surface area contributed by atoms with Gasteiger partial charge in [0.05, 0.1) is 11.0 Å². The predicted octanol–water partition coefficient (Wildman–Crippen LogP) is 4.42. The quantitative estimate of drug-likeness (QED) is 0.439. The number of nitrogens with one attached hydrogen (secondary N) is 2. The van der Waals surface area contributed by atoms with Gasteiger partial charge in [0, 0.05) is 42.4 Å². The first-order valence-corrected chi connectivity index (χ1v) is 11.2. The highest BCUT2D eigenvalue weighted by molar-refractivity contribution is 5.98. The summed E-state index contributed by atoms with van der Waals surface area (Å²) in [5, 5.41) is 5.74. The maximum Gasteiger partial charge on any atom is 0.224 e. The number of benzene rings is 3. The molecule has 0 unspecified atom stereocenters. The third-order valence-corrected chi connectivity index (χ3v) is 6.06. The molecule has 170 valence electrons. The van der Waals surface area contributed by atoms with Gasteiger partial charge in [-0.05, 0) is 60.9 Å². The summed E-state index contributed by atoms with van der Waals surface area (Å²) in [5.74, 6) is 0.701. The molecule has 7 nitrogen and oxygen atoms in total. The number of aryl methyl sites for hydroxylation is 1. The maximum absolute atomic E-state index is 12.0. The molecule has 7 heteroatoms. The monoisotopic (exact) mass is 452 g/mol. The smallest absolute Gasteiger partial charge is 0.224 e. The highest BCUT2D eigenvalue weighted by Gasteiger charge is 2.19. The number of Topliss-reactive ketones (excluding diaryl/α,β-unsaturated/α-hetero) is 1. The number of fused-ring (bicyclic) bond motifs is 2. The molecule has 0 bridgehead atoms. The SMILES string of the molecule is CC(=O)NCc1ccc(-c2nc3cc(C(C)=O)ccc3n2-c2ccc3c(c2)CCC(=O)N3)cc1. The van der Waals surface area contributed by atoms with Gasteiger partial charge in [0.25, 0.3) is 0 Å². The Labute approximate surface area is 196 Å². The van der Waals surface area contributed by atoms with Crippen molar-refractivity contribution < 1.29 is 14.4 Å². The van der Waals surface area contributed by atoms with Crippen molar-refractivity contribution in [2.24, 2.45) is 0 Å². The summed E-state index contributed by atoms with van der Waals surface area (Å²) in [6, 6.07) is 19.5. The highest BCUT2D eigenvalue weighted by atomic mass is 16.2. The van der Waals surface area contributed by atoms with Gasteiger partial charge in [0.1, 0.15) is 5.82 Å². The Bertz CT molecular complexity index is 1450. The molecule has 1 aromatic heterocycles. The second-order valence-corrected chi connectivity index (χ2v) is 8.53. The van der Waals surface area contributed by atoms with E-state index in [1.807, 2.05) is 54.6 Å². The van der Waals surface area contributed by atoms with Gasteiger partial charge in [-0.3, -0.25) is 19.0 Å². The molecule has 0 saturated heterocycles. The first kappa shape index (κ1) is 21.6. The molecule has 0 atom stereocenters. The molecule has 34 heavy (non-hydrogen) atoms. The number of carbonyl (C=O) groups excluding carboxylic acids is 3. The van der Waals surface area contributed by atoms with Crippen LogP contribution in [0, 0.1) is 0 Å². The number of rotatable bonds is 5. The molecule has 3 aromatic carbocycles. The fourth-order valence-electron chi connectivity index (χ4n) is 4.26. The lowest BCUT2D eigenvalue weighted by Gasteiger charge is -2.19. The zero-order valence-electron chi connectivity index (χ0n) is 19.0. The van der Waals surface area contributed by atoms with Crippen LogP contribution >= 0.6 is 0 Å². The van der Waals surface area contributed by atoms with E-state index in [0.717, 1.165) is 44.9 Å². The standard InChI is InChI=1S/C27H24N4O3/c1-16(32)20-7-11-25-24(14-20)30-27(19-5-3-18(4-6-19)15-28-17(2)33)31(25)22-9-10-23-21(13-22)8-12-26(34)29-23/h3-7,9-11,13-14H,8,12,15H2,1-2H3,(H,28,33)(H,29,34). The molecule has 5 rings (SSSR count). The Morgan fingerprint density at radius 2 is 1.79 bits per heavy atom. The van der Waals surface area contributed by atoms with Crippen molar-refractivity contribution in [1.82, 2.24) is 14.9 Å². The lowest BCUT2D eigenvalue weighted by Crippen LogP contribution is -2.19. The van der Waals surface area contributed by atoms with E-state index in [2.05, 4.69) is 21.3 Å². The molecule has 4 aromatic rings.